The average Bonchev–Trinajstić information content (AvgIpc) is 2.94. The molecule has 0 fully saturated rings. The molecule has 1 aliphatic rings. The van der Waals surface area contributed by atoms with Crippen LogP contribution in [0.2, 0.25) is 0 Å². The minimum Gasteiger partial charge on any atom is -0.493 e. The normalized spacial score (nSPS) is 14.7. The number of fused-ring (bicyclic) bond motifs is 1. The molecule has 20 heavy (non-hydrogen) atoms. The van der Waals surface area contributed by atoms with Crippen LogP contribution in [0.3, 0.4) is 0 Å². The van der Waals surface area contributed by atoms with E-state index in [1.807, 2.05) is 0 Å². The summed E-state index contributed by atoms with van der Waals surface area (Å²) in [6, 6.07) is 14.6. The molecular formula is C16H16BrNOS. The van der Waals surface area contributed by atoms with Crippen LogP contribution in [0.5, 0.6) is 5.75 Å². The third kappa shape index (κ3) is 3.03. The summed E-state index contributed by atoms with van der Waals surface area (Å²) in [7, 11) is 0. The van der Waals surface area contributed by atoms with E-state index in [0.717, 1.165) is 34.6 Å². The van der Waals surface area contributed by atoms with Gasteiger partial charge >= 0.3 is 0 Å². The summed E-state index contributed by atoms with van der Waals surface area (Å²) in [6.07, 6.45) is 0.996. The lowest BCUT2D eigenvalue weighted by atomic mass is 10.0. The molecule has 2 aromatic rings. The molecule has 0 spiro atoms. The standard InChI is InChI=1S/C16H16BrNOS/c17-12-4-6-13(7-5-12)20-10-15(18)14-3-1-2-11-8-9-19-16(11)14/h1-7,15H,8-10,18H2. The Morgan fingerprint density at radius 1 is 1.20 bits per heavy atom. The molecule has 0 aromatic heterocycles. The van der Waals surface area contributed by atoms with Crippen LogP contribution in [-0.4, -0.2) is 12.4 Å². The zero-order valence-electron chi connectivity index (χ0n) is 11.0. The number of benzene rings is 2. The predicted octanol–water partition coefficient (Wildman–Crippen LogP) is 4.18. The van der Waals surface area contributed by atoms with Crippen molar-refractivity contribution >= 4 is 27.7 Å². The van der Waals surface area contributed by atoms with Crippen molar-refractivity contribution in [3.63, 3.8) is 0 Å². The summed E-state index contributed by atoms with van der Waals surface area (Å²) in [5, 5.41) is 0. The number of hydrogen-bond donors (Lipinski definition) is 1. The Bertz CT molecular complexity index is 600. The largest absolute Gasteiger partial charge is 0.493 e. The van der Waals surface area contributed by atoms with Crippen molar-refractivity contribution in [2.75, 3.05) is 12.4 Å². The Morgan fingerprint density at radius 2 is 2.00 bits per heavy atom. The second kappa shape index (κ2) is 6.20. The van der Waals surface area contributed by atoms with Crippen LogP contribution in [0.25, 0.3) is 0 Å². The van der Waals surface area contributed by atoms with E-state index in [1.165, 1.54) is 10.5 Å². The number of thioether (sulfide) groups is 1. The summed E-state index contributed by atoms with van der Waals surface area (Å²) < 4.78 is 6.82. The molecule has 1 atom stereocenters. The van der Waals surface area contributed by atoms with Crippen molar-refractivity contribution in [1.82, 2.24) is 0 Å². The molecule has 2 nitrogen and oxygen atoms in total. The van der Waals surface area contributed by atoms with Gasteiger partial charge in [0.25, 0.3) is 0 Å². The minimum absolute atomic E-state index is 0.00306. The van der Waals surface area contributed by atoms with Gasteiger partial charge in [-0.1, -0.05) is 34.1 Å². The Balaban J connectivity index is 1.69. The number of halogens is 1. The van der Waals surface area contributed by atoms with E-state index in [1.54, 1.807) is 11.8 Å². The highest BCUT2D eigenvalue weighted by atomic mass is 79.9. The summed E-state index contributed by atoms with van der Waals surface area (Å²) >= 11 is 5.22. The van der Waals surface area contributed by atoms with Gasteiger partial charge in [0.05, 0.1) is 6.61 Å². The molecule has 1 heterocycles. The first-order valence-corrected chi connectivity index (χ1v) is 8.40. The molecule has 3 rings (SSSR count). The van der Waals surface area contributed by atoms with E-state index in [4.69, 9.17) is 10.5 Å². The summed E-state index contributed by atoms with van der Waals surface area (Å²) in [4.78, 5) is 1.23. The fourth-order valence-electron chi connectivity index (χ4n) is 2.34. The Kier molecular flexibility index (Phi) is 4.34. The third-order valence-electron chi connectivity index (χ3n) is 3.39. The maximum Gasteiger partial charge on any atom is 0.127 e. The minimum atomic E-state index is -0.00306. The lowest BCUT2D eigenvalue weighted by Gasteiger charge is -2.15. The maximum atomic E-state index is 6.34. The van der Waals surface area contributed by atoms with Crippen molar-refractivity contribution in [3.8, 4) is 5.75 Å². The van der Waals surface area contributed by atoms with Gasteiger partial charge in [0.2, 0.25) is 0 Å². The van der Waals surface area contributed by atoms with Gasteiger partial charge in [0.15, 0.2) is 0 Å². The van der Waals surface area contributed by atoms with E-state index in [2.05, 4.69) is 58.4 Å². The number of rotatable bonds is 4. The van der Waals surface area contributed by atoms with Gasteiger partial charge in [0, 0.05) is 33.1 Å². The Labute approximate surface area is 131 Å². The lowest BCUT2D eigenvalue weighted by molar-refractivity contribution is 0.352. The van der Waals surface area contributed by atoms with E-state index >= 15 is 0 Å². The van der Waals surface area contributed by atoms with Crippen molar-refractivity contribution in [2.45, 2.75) is 17.4 Å². The zero-order valence-corrected chi connectivity index (χ0v) is 13.4. The van der Waals surface area contributed by atoms with Crippen LogP contribution in [0.15, 0.2) is 51.8 Å². The highest BCUT2D eigenvalue weighted by molar-refractivity contribution is 9.10. The molecule has 1 aliphatic heterocycles. The van der Waals surface area contributed by atoms with Crippen molar-refractivity contribution < 1.29 is 4.74 Å². The van der Waals surface area contributed by atoms with Gasteiger partial charge in [0.1, 0.15) is 5.75 Å². The highest BCUT2D eigenvalue weighted by Gasteiger charge is 2.19. The molecule has 0 aliphatic carbocycles. The molecule has 2 aromatic carbocycles. The molecule has 0 saturated heterocycles. The molecule has 0 saturated carbocycles. The van der Waals surface area contributed by atoms with Gasteiger partial charge in [-0.05, 0) is 29.8 Å². The SMILES string of the molecule is NC(CSc1ccc(Br)cc1)c1cccc2c1OCC2. The van der Waals surface area contributed by atoms with E-state index in [0.29, 0.717) is 0 Å². The predicted molar refractivity (Wildman–Crippen MR) is 87.4 cm³/mol. The van der Waals surface area contributed by atoms with Crippen molar-refractivity contribution in [2.24, 2.45) is 5.73 Å². The topological polar surface area (TPSA) is 35.2 Å². The Hall–Kier alpha value is -0.970. The second-order valence-electron chi connectivity index (χ2n) is 4.81. The summed E-state index contributed by atoms with van der Waals surface area (Å²) in [6.45, 7) is 0.777. The van der Waals surface area contributed by atoms with Gasteiger partial charge in [-0.3, -0.25) is 0 Å². The van der Waals surface area contributed by atoms with Crippen LogP contribution >= 0.6 is 27.7 Å². The van der Waals surface area contributed by atoms with Crippen LogP contribution in [0.4, 0.5) is 0 Å². The molecule has 1 unspecified atom stereocenters. The number of nitrogens with two attached hydrogens (primary N) is 1. The molecule has 0 amide bonds. The first-order chi connectivity index (χ1) is 9.74. The van der Waals surface area contributed by atoms with Gasteiger partial charge in [-0.25, -0.2) is 0 Å². The van der Waals surface area contributed by atoms with Crippen LogP contribution in [0.1, 0.15) is 17.2 Å². The van der Waals surface area contributed by atoms with E-state index in [-0.39, 0.29) is 6.04 Å². The first-order valence-electron chi connectivity index (χ1n) is 6.62. The number of ether oxygens (including phenoxy) is 1. The summed E-state index contributed by atoms with van der Waals surface area (Å²) in [5.41, 5.74) is 8.75. The number of hydrogen-bond acceptors (Lipinski definition) is 3. The van der Waals surface area contributed by atoms with Gasteiger partial charge in [-0.15, -0.1) is 11.8 Å². The van der Waals surface area contributed by atoms with Crippen molar-refractivity contribution in [3.05, 3.63) is 58.1 Å². The molecule has 2 N–H and O–H groups in total. The van der Waals surface area contributed by atoms with Crippen LogP contribution < -0.4 is 10.5 Å². The molecular weight excluding hydrogens is 334 g/mol. The van der Waals surface area contributed by atoms with Gasteiger partial charge in [-0.2, -0.15) is 0 Å². The van der Waals surface area contributed by atoms with Crippen LogP contribution in [-0.2, 0) is 6.42 Å². The monoisotopic (exact) mass is 349 g/mol. The Morgan fingerprint density at radius 3 is 2.80 bits per heavy atom. The molecule has 0 bridgehead atoms. The van der Waals surface area contributed by atoms with Crippen LogP contribution in [0, 0.1) is 0 Å². The smallest absolute Gasteiger partial charge is 0.127 e. The fourth-order valence-corrected chi connectivity index (χ4v) is 3.48. The average molecular weight is 350 g/mol. The van der Waals surface area contributed by atoms with Gasteiger partial charge < -0.3 is 10.5 Å². The maximum absolute atomic E-state index is 6.34. The van der Waals surface area contributed by atoms with E-state index in [9.17, 15) is 0 Å². The fraction of sp³-hybridized carbons (Fsp3) is 0.250. The molecule has 4 heteroatoms. The van der Waals surface area contributed by atoms with Crippen molar-refractivity contribution in [1.29, 1.82) is 0 Å². The number of para-hydroxylation sites is 1. The third-order valence-corrected chi connectivity index (χ3v) is 5.05. The molecule has 104 valence electrons. The van der Waals surface area contributed by atoms with E-state index < -0.39 is 0 Å². The zero-order chi connectivity index (χ0) is 13.9. The first kappa shape index (κ1) is 14.0. The summed E-state index contributed by atoms with van der Waals surface area (Å²) in [5.74, 6) is 1.86. The lowest BCUT2D eigenvalue weighted by Crippen LogP contribution is -2.14. The highest BCUT2D eigenvalue weighted by Crippen LogP contribution is 2.34. The second-order valence-corrected chi connectivity index (χ2v) is 6.81. The quantitative estimate of drug-likeness (QED) is 0.841. The molecule has 0 radical (unpaired) electrons.